The Morgan fingerprint density at radius 2 is 0.562 bits per heavy atom. The highest BCUT2D eigenvalue weighted by Crippen LogP contribution is 2.58. The minimum atomic E-state index is 0.263. The molecule has 0 spiro atoms. The molecule has 4 aromatic carbocycles. The Balaban J connectivity index is 1.60. The van der Waals surface area contributed by atoms with Crippen LogP contribution in [0.5, 0.6) is 0 Å². The number of benzene rings is 4. The fourth-order valence-electron chi connectivity index (χ4n) is 5.65. The van der Waals surface area contributed by atoms with Crippen molar-refractivity contribution in [2.75, 3.05) is 0 Å². The van der Waals surface area contributed by atoms with Crippen molar-refractivity contribution >= 4 is 43.0 Å². The summed E-state index contributed by atoms with van der Waals surface area (Å²) < 4.78 is 0. The van der Waals surface area contributed by atoms with Gasteiger partial charge in [0.15, 0.2) is 0 Å². The maximum absolute atomic E-state index is 4.03. The summed E-state index contributed by atoms with van der Waals surface area (Å²) in [7, 11) is 0. The van der Waals surface area contributed by atoms with E-state index in [1.165, 1.54) is 66.8 Å². The van der Waals surface area contributed by atoms with Crippen LogP contribution in [0.3, 0.4) is 0 Å². The standard InChI is InChI=1S/C30H18Br2/c31-29-27(25-21-13-5-1-9-17(21)18-10-2-6-14-22(18)25)28(30(29)32)26-23-15-7-3-11-19(23)20-12-4-8-16-24(20)26/h1-16,29-30H/t29-,30-/m1/s1. The van der Waals surface area contributed by atoms with Gasteiger partial charge in [0.1, 0.15) is 0 Å². The van der Waals surface area contributed by atoms with Crippen LogP contribution in [-0.4, -0.2) is 9.65 Å². The molecule has 0 aliphatic heterocycles. The average Bonchev–Trinajstić information content (AvgIpc) is 3.35. The van der Waals surface area contributed by atoms with Crippen molar-refractivity contribution in [3.63, 3.8) is 0 Å². The van der Waals surface area contributed by atoms with E-state index >= 15 is 0 Å². The number of hydrogen-bond donors (Lipinski definition) is 0. The molecule has 3 aliphatic carbocycles. The molecule has 0 unspecified atom stereocenters. The third-order valence-electron chi connectivity index (χ3n) is 7.00. The lowest BCUT2D eigenvalue weighted by Gasteiger charge is -2.39. The zero-order valence-electron chi connectivity index (χ0n) is 17.1. The summed E-state index contributed by atoms with van der Waals surface area (Å²) in [6, 6.07) is 35.3. The van der Waals surface area contributed by atoms with E-state index in [1.807, 2.05) is 0 Å². The summed E-state index contributed by atoms with van der Waals surface area (Å²) >= 11 is 8.07. The molecule has 2 atom stereocenters. The molecule has 32 heavy (non-hydrogen) atoms. The first-order valence-electron chi connectivity index (χ1n) is 10.9. The monoisotopic (exact) mass is 536 g/mol. The van der Waals surface area contributed by atoms with E-state index in [1.54, 1.807) is 0 Å². The summed E-state index contributed by atoms with van der Waals surface area (Å²) in [5.74, 6) is 0. The van der Waals surface area contributed by atoms with E-state index in [-0.39, 0.29) is 9.65 Å². The summed E-state index contributed by atoms with van der Waals surface area (Å²) in [5, 5.41) is 0. The van der Waals surface area contributed by atoms with Crippen LogP contribution in [0.25, 0.3) is 33.4 Å². The number of fused-ring (bicyclic) bond motifs is 6. The Bertz CT molecular complexity index is 1290. The van der Waals surface area contributed by atoms with Crippen LogP contribution in [-0.2, 0) is 0 Å². The third-order valence-corrected chi connectivity index (χ3v) is 9.69. The minimum Gasteiger partial charge on any atom is -0.0822 e. The maximum Gasteiger partial charge on any atom is 0.0571 e. The van der Waals surface area contributed by atoms with Gasteiger partial charge in [-0.2, -0.15) is 0 Å². The number of halogens is 2. The molecule has 0 radical (unpaired) electrons. The molecule has 1 fully saturated rings. The fraction of sp³-hybridized carbons (Fsp3) is 0.0667. The van der Waals surface area contributed by atoms with Crippen LogP contribution in [0.2, 0.25) is 0 Å². The Morgan fingerprint density at radius 3 is 0.812 bits per heavy atom. The Morgan fingerprint density at radius 1 is 0.344 bits per heavy atom. The number of allylic oxidation sites excluding steroid dienone is 2. The molecule has 0 aromatic heterocycles. The first-order chi connectivity index (χ1) is 15.8. The van der Waals surface area contributed by atoms with Crippen LogP contribution in [0.15, 0.2) is 108 Å². The van der Waals surface area contributed by atoms with Gasteiger partial charge in [0.05, 0.1) is 9.65 Å². The van der Waals surface area contributed by atoms with Crippen LogP contribution in [0, 0.1) is 0 Å². The second-order valence-corrected chi connectivity index (χ2v) is 10.5. The quantitative estimate of drug-likeness (QED) is 0.170. The van der Waals surface area contributed by atoms with Gasteiger partial charge in [-0.05, 0) is 66.8 Å². The number of hydrogen-bond acceptors (Lipinski definition) is 0. The first-order valence-corrected chi connectivity index (χ1v) is 12.7. The molecular weight excluding hydrogens is 520 g/mol. The predicted molar refractivity (Wildman–Crippen MR) is 141 cm³/mol. The molecule has 152 valence electrons. The van der Waals surface area contributed by atoms with Crippen molar-refractivity contribution in [2.45, 2.75) is 9.65 Å². The highest BCUT2D eigenvalue weighted by molar-refractivity contribution is 9.12. The average molecular weight is 538 g/mol. The Hall–Kier alpha value is -2.68. The lowest BCUT2D eigenvalue weighted by atomic mass is 9.75. The van der Waals surface area contributed by atoms with Gasteiger partial charge in [0.25, 0.3) is 0 Å². The van der Waals surface area contributed by atoms with Crippen molar-refractivity contribution in [2.24, 2.45) is 0 Å². The van der Waals surface area contributed by atoms with Crippen LogP contribution in [0.1, 0.15) is 22.3 Å². The third kappa shape index (κ3) is 2.37. The molecule has 0 nitrogen and oxygen atoms in total. The van der Waals surface area contributed by atoms with Gasteiger partial charge < -0.3 is 0 Å². The first kappa shape index (κ1) is 18.8. The van der Waals surface area contributed by atoms with Crippen molar-refractivity contribution in [3.8, 4) is 22.3 Å². The molecule has 0 bridgehead atoms. The molecule has 4 aromatic rings. The van der Waals surface area contributed by atoms with Crippen LogP contribution < -0.4 is 0 Å². The zero-order chi connectivity index (χ0) is 21.4. The van der Waals surface area contributed by atoms with Gasteiger partial charge in [-0.3, -0.25) is 0 Å². The number of rotatable bonds is 0. The highest BCUT2D eigenvalue weighted by Gasteiger charge is 2.45. The largest absolute Gasteiger partial charge is 0.0822 e. The van der Waals surface area contributed by atoms with Crippen molar-refractivity contribution in [3.05, 3.63) is 130 Å². The SMILES string of the molecule is Br[C@@H]1C(=C2c3ccccc3-c3ccccc32)C(=C2c3ccccc3-c3ccccc32)[C@H]1Br. The molecule has 0 N–H and O–H groups in total. The molecule has 0 amide bonds. The van der Waals surface area contributed by atoms with E-state index < -0.39 is 0 Å². The molecular formula is C30H18Br2. The molecule has 0 saturated heterocycles. The smallest absolute Gasteiger partial charge is 0.0571 e. The molecule has 1 saturated carbocycles. The highest BCUT2D eigenvalue weighted by atomic mass is 79.9. The maximum atomic E-state index is 4.03. The minimum absolute atomic E-state index is 0.263. The van der Waals surface area contributed by atoms with E-state index in [2.05, 4.69) is 129 Å². The zero-order valence-corrected chi connectivity index (χ0v) is 20.3. The topological polar surface area (TPSA) is 0 Å². The molecule has 0 heterocycles. The normalized spacial score (nSPS) is 19.9. The lowest BCUT2D eigenvalue weighted by Crippen LogP contribution is -2.35. The van der Waals surface area contributed by atoms with E-state index in [0.717, 1.165) is 0 Å². The van der Waals surface area contributed by atoms with Gasteiger partial charge in [-0.15, -0.1) is 0 Å². The van der Waals surface area contributed by atoms with E-state index in [0.29, 0.717) is 0 Å². The summed E-state index contributed by atoms with van der Waals surface area (Å²) in [6.07, 6.45) is 0. The summed E-state index contributed by atoms with van der Waals surface area (Å²) in [6.45, 7) is 0. The predicted octanol–water partition coefficient (Wildman–Crippen LogP) is 8.49. The van der Waals surface area contributed by atoms with E-state index in [9.17, 15) is 0 Å². The summed E-state index contributed by atoms with van der Waals surface area (Å²) in [5.41, 5.74) is 16.2. The van der Waals surface area contributed by atoms with E-state index in [4.69, 9.17) is 0 Å². The molecule has 7 rings (SSSR count). The second kappa shape index (κ2) is 6.91. The summed E-state index contributed by atoms with van der Waals surface area (Å²) in [4.78, 5) is 0.526. The lowest BCUT2D eigenvalue weighted by molar-refractivity contribution is 0.899. The van der Waals surface area contributed by atoms with Gasteiger partial charge in [0, 0.05) is 0 Å². The van der Waals surface area contributed by atoms with Gasteiger partial charge in [-0.1, -0.05) is 129 Å². The Labute approximate surface area is 204 Å². The van der Waals surface area contributed by atoms with Crippen LogP contribution in [0.4, 0.5) is 0 Å². The van der Waals surface area contributed by atoms with Crippen molar-refractivity contribution in [1.29, 1.82) is 0 Å². The Kier molecular flexibility index (Phi) is 4.07. The van der Waals surface area contributed by atoms with Gasteiger partial charge >= 0.3 is 0 Å². The van der Waals surface area contributed by atoms with Crippen molar-refractivity contribution < 1.29 is 0 Å². The van der Waals surface area contributed by atoms with Crippen LogP contribution >= 0.6 is 31.9 Å². The molecule has 3 aliphatic rings. The number of alkyl halides is 2. The second-order valence-electron chi connectivity index (χ2n) is 8.56. The fourth-order valence-corrected chi connectivity index (χ4v) is 7.13. The van der Waals surface area contributed by atoms with Crippen molar-refractivity contribution in [1.82, 2.24) is 0 Å². The van der Waals surface area contributed by atoms with Gasteiger partial charge in [-0.25, -0.2) is 0 Å². The molecule has 2 heteroatoms. The van der Waals surface area contributed by atoms with Gasteiger partial charge in [0.2, 0.25) is 0 Å².